The molecule has 3 N–H and O–H groups in total. The molecule has 0 aromatic rings. The lowest BCUT2D eigenvalue weighted by molar-refractivity contribution is 0.0220. The summed E-state index contributed by atoms with van der Waals surface area (Å²) in [4.78, 5) is 0. The molecule has 0 amide bonds. The molecule has 19 heavy (non-hydrogen) atoms. The summed E-state index contributed by atoms with van der Waals surface area (Å²) in [5.41, 5.74) is -0.544. The Kier molecular flexibility index (Phi) is 7.91. The van der Waals surface area contributed by atoms with Crippen molar-refractivity contribution in [3.05, 3.63) is 0 Å². The van der Waals surface area contributed by atoms with Crippen LogP contribution in [0.25, 0.3) is 0 Å². The lowest BCUT2D eigenvalue weighted by atomic mass is 10.0. The summed E-state index contributed by atoms with van der Waals surface area (Å²) in [6.07, 6.45) is 5.71. The van der Waals surface area contributed by atoms with Crippen LogP contribution in [-0.2, 0) is 4.74 Å². The summed E-state index contributed by atoms with van der Waals surface area (Å²) in [5, 5.41) is 23.0. The topological polar surface area (TPSA) is 61.7 Å². The minimum atomic E-state index is -0.544. The maximum atomic E-state index is 10.1. The molecule has 1 atom stereocenters. The van der Waals surface area contributed by atoms with Gasteiger partial charge in [-0.25, -0.2) is 0 Å². The van der Waals surface area contributed by atoms with Gasteiger partial charge in [-0.1, -0.05) is 26.7 Å². The third kappa shape index (κ3) is 7.88. The molecule has 1 rings (SSSR count). The summed E-state index contributed by atoms with van der Waals surface area (Å²) >= 11 is 0. The number of hydrogen-bond acceptors (Lipinski definition) is 4. The number of ether oxygens (including phenoxy) is 1. The van der Waals surface area contributed by atoms with Gasteiger partial charge >= 0.3 is 0 Å². The number of aliphatic hydroxyl groups is 2. The molecule has 114 valence electrons. The second-order valence-electron chi connectivity index (χ2n) is 6.33. The number of rotatable bonds is 10. The first-order valence-corrected chi connectivity index (χ1v) is 7.71. The van der Waals surface area contributed by atoms with Crippen LogP contribution in [0.15, 0.2) is 0 Å². The van der Waals surface area contributed by atoms with E-state index in [1.54, 1.807) is 0 Å². The Hall–Kier alpha value is -0.160. The summed E-state index contributed by atoms with van der Waals surface area (Å²) in [5.74, 6) is 0.711. The van der Waals surface area contributed by atoms with Crippen molar-refractivity contribution in [2.24, 2.45) is 5.92 Å². The Labute approximate surface area is 117 Å². The molecule has 1 fully saturated rings. The van der Waals surface area contributed by atoms with E-state index in [4.69, 9.17) is 4.74 Å². The predicted molar refractivity (Wildman–Crippen MR) is 77.2 cm³/mol. The molecule has 0 heterocycles. The molecule has 1 unspecified atom stereocenters. The lowest BCUT2D eigenvalue weighted by Gasteiger charge is -2.23. The lowest BCUT2D eigenvalue weighted by Crippen LogP contribution is -2.41. The molecule has 0 spiro atoms. The van der Waals surface area contributed by atoms with Crippen molar-refractivity contribution in [2.45, 2.75) is 64.1 Å². The van der Waals surface area contributed by atoms with Crippen LogP contribution in [0.1, 0.15) is 52.4 Å². The third-order valence-electron chi connectivity index (χ3n) is 3.75. The zero-order valence-electron chi connectivity index (χ0n) is 12.5. The van der Waals surface area contributed by atoms with E-state index in [9.17, 15) is 10.2 Å². The minimum Gasteiger partial charge on any atom is -0.389 e. The van der Waals surface area contributed by atoms with Gasteiger partial charge in [0.1, 0.15) is 0 Å². The molecule has 0 aromatic carbocycles. The van der Waals surface area contributed by atoms with Crippen LogP contribution in [0.4, 0.5) is 0 Å². The molecule has 1 aliphatic carbocycles. The van der Waals surface area contributed by atoms with Gasteiger partial charge in [0.25, 0.3) is 0 Å². The standard InChI is InChI=1S/C15H31NO3/c1-13(2)6-5-9-19-11-14(17)10-16-12-15(18)7-3-4-8-15/h13-14,16-18H,3-12H2,1-2H3. The van der Waals surface area contributed by atoms with Crippen LogP contribution in [0.2, 0.25) is 0 Å². The van der Waals surface area contributed by atoms with Gasteiger partial charge in [-0.3, -0.25) is 0 Å². The number of nitrogens with one attached hydrogen (secondary N) is 1. The van der Waals surface area contributed by atoms with E-state index in [-0.39, 0.29) is 0 Å². The smallest absolute Gasteiger partial charge is 0.0897 e. The first-order chi connectivity index (χ1) is 9.02. The highest BCUT2D eigenvalue weighted by Gasteiger charge is 2.30. The van der Waals surface area contributed by atoms with Crippen molar-refractivity contribution in [3.8, 4) is 0 Å². The van der Waals surface area contributed by atoms with Gasteiger partial charge in [0, 0.05) is 19.7 Å². The van der Waals surface area contributed by atoms with Crippen molar-refractivity contribution < 1.29 is 14.9 Å². The molecule has 0 bridgehead atoms. The Bertz CT molecular complexity index is 227. The highest BCUT2D eigenvalue weighted by Crippen LogP contribution is 2.28. The molecular weight excluding hydrogens is 242 g/mol. The van der Waals surface area contributed by atoms with Gasteiger partial charge in [-0.15, -0.1) is 0 Å². The fourth-order valence-electron chi connectivity index (χ4n) is 2.55. The maximum Gasteiger partial charge on any atom is 0.0897 e. The van der Waals surface area contributed by atoms with E-state index in [0.29, 0.717) is 25.6 Å². The fraction of sp³-hybridized carbons (Fsp3) is 1.00. The van der Waals surface area contributed by atoms with Gasteiger partial charge in [-0.05, 0) is 31.6 Å². The van der Waals surface area contributed by atoms with E-state index >= 15 is 0 Å². The number of hydrogen-bond donors (Lipinski definition) is 3. The van der Waals surface area contributed by atoms with Gasteiger partial charge in [0.15, 0.2) is 0 Å². The zero-order valence-corrected chi connectivity index (χ0v) is 12.5. The van der Waals surface area contributed by atoms with Crippen LogP contribution in [0.5, 0.6) is 0 Å². The Morgan fingerprint density at radius 3 is 2.58 bits per heavy atom. The summed E-state index contributed by atoms with van der Waals surface area (Å²) in [6, 6.07) is 0. The summed E-state index contributed by atoms with van der Waals surface area (Å²) < 4.78 is 5.44. The SMILES string of the molecule is CC(C)CCCOCC(O)CNCC1(O)CCCC1. The van der Waals surface area contributed by atoms with Crippen LogP contribution < -0.4 is 5.32 Å². The third-order valence-corrected chi connectivity index (χ3v) is 3.75. The molecular formula is C15H31NO3. The minimum absolute atomic E-state index is 0.378. The second-order valence-corrected chi connectivity index (χ2v) is 6.33. The monoisotopic (exact) mass is 273 g/mol. The highest BCUT2D eigenvalue weighted by atomic mass is 16.5. The van der Waals surface area contributed by atoms with E-state index < -0.39 is 11.7 Å². The Balaban J connectivity index is 1.94. The molecule has 1 saturated carbocycles. The van der Waals surface area contributed by atoms with Crippen LogP contribution in [0.3, 0.4) is 0 Å². The first-order valence-electron chi connectivity index (χ1n) is 7.71. The highest BCUT2D eigenvalue weighted by molar-refractivity contribution is 4.86. The fourth-order valence-corrected chi connectivity index (χ4v) is 2.55. The van der Waals surface area contributed by atoms with Crippen LogP contribution in [0, 0.1) is 5.92 Å². The molecule has 4 heteroatoms. The van der Waals surface area contributed by atoms with E-state index in [1.165, 1.54) is 6.42 Å². The van der Waals surface area contributed by atoms with Gasteiger partial charge in [-0.2, -0.15) is 0 Å². The van der Waals surface area contributed by atoms with Crippen molar-refractivity contribution in [2.75, 3.05) is 26.3 Å². The van der Waals surface area contributed by atoms with Gasteiger partial charge in [0.05, 0.1) is 18.3 Å². The van der Waals surface area contributed by atoms with Crippen molar-refractivity contribution in [1.82, 2.24) is 5.32 Å². The van der Waals surface area contributed by atoms with Crippen LogP contribution in [-0.4, -0.2) is 48.2 Å². The molecule has 1 aliphatic rings. The predicted octanol–water partition coefficient (Wildman–Crippen LogP) is 1.69. The van der Waals surface area contributed by atoms with Crippen molar-refractivity contribution in [1.29, 1.82) is 0 Å². The maximum absolute atomic E-state index is 10.1. The normalized spacial score (nSPS) is 20.1. The molecule has 0 radical (unpaired) electrons. The van der Waals surface area contributed by atoms with Gasteiger partial charge < -0.3 is 20.3 Å². The first kappa shape index (κ1) is 16.9. The molecule has 0 aliphatic heterocycles. The zero-order chi connectivity index (χ0) is 14.1. The van der Waals surface area contributed by atoms with Gasteiger partial charge in [0.2, 0.25) is 0 Å². The van der Waals surface area contributed by atoms with Crippen molar-refractivity contribution in [3.63, 3.8) is 0 Å². The molecule has 4 nitrogen and oxygen atoms in total. The average Bonchev–Trinajstić information content (AvgIpc) is 2.75. The largest absolute Gasteiger partial charge is 0.389 e. The summed E-state index contributed by atoms with van der Waals surface area (Å²) in [6.45, 7) is 6.58. The summed E-state index contributed by atoms with van der Waals surface area (Å²) in [7, 11) is 0. The quantitative estimate of drug-likeness (QED) is 0.530. The van der Waals surface area contributed by atoms with Crippen LogP contribution >= 0.6 is 0 Å². The van der Waals surface area contributed by atoms with E-state index in [1.807, 2.05) is 0 Å². The van der Waals surface area contributed by atoms with E-state index in [2.05, 4.69) is 19.2 Å². The number of aliphatic hydroxyl groups excluding tert-OH is 1. The molecule has 0 saturated heterocycles. The molecule has 0 aromatic heterocycles. The van der Waals surface area contributed by atoms with E-state index in [0.717, 1.165) is 38.7 Å². The Morgan fingerprint density at radius 2 is 1.95 bits per heavy atom. The average molecular weight is 273 g/mol. The Morgan fingerprint density at radius 1 is 1.26 bits per heavy atom. The van der Waals surface area contributed by atoms with Crippen molar-refractivity contribution >= 4 is 0 Å². The second kappa shape index (κ2) is 8.90.